The zero-order valence-electron chi connectivity index (χ0n) is 11.7. The monoisotopic (exact) mass is 344 g/mol. The van der Waals surface area contributed by atoms with Crippen LogP contribution in [0.5, 0.6) is 5.75 Å². The molecule has 2 amide bonds. The van der Waals surface area contributed by atoms with E-state index in [9.17, 15) is 4.79 Å². The molecule has 0 spiro atoms. The first kappa shape index (κ1) is 16.8. The van der Waals surface area contributed by atoms with Gasteiger partial charge in [0.2, 0.25) is 0 Å². The highest BCUT2D eigenvalue weighted by Gasteiger charge is 2.10. The third-order valence-corrected chi connectivity index (χ3v) is 3.31. The minimum absolute atomic E-state index is 0.0560. The van der Waals surface area contributed by atoms with Gasteiger partial charge in [-0.2, -0.15) is 0 Å². The maximum atomic E-state index is 11.6. The molecule has 2 atom stereocenters. The van der Waals surface area contributed by atoms with Gasteiger partial charge in [-0.1, -0.05) is 12.1 Å². The molecule has 5 nitrogen and oxygen atoms in total. The number of para-hydroxylation sites is 1. The fourth-order valence-electron chi connectivity index (χ4n) is 1.58. The molecule has 0 radical (unpaired) electrons. The van der Waals surface area contributed by atoms with Crippen LogP contribution in [0.1, 0.15) is 20.3 Å². The van der Waals surface area contributed by atoms with Gasteiger partial charge in [-0.05, 0) is 48.3 Å². The zero-order valence-corrected chi connectivity index (χ0v) is 13.3. The Kier molecular flexibility index (Phi) is 7.40. The Morgan fingerprint density at radius 1 is 1.40 bits per heavy atom. The molecule has 1 aromatic rings. The Labute approximate surface area is 127 Å². The van der Waals surface area contributed by atoms with Crippen LogP contribution in [0, 0.1) is 0 Å². The van der Waals surface area contributed by atoms with Gasteiger partial charge in [0.25, 0.3) is 0 Å². The van der Waals surface area contributed by atoms with Crippen molar-refractivity contribution in [3.63, 3.8) is 0 Å². The van der Waals surface area contributed by atoms with E-state index in [1.165, 1.54) is 0 Å². The van der Waals surface area contributed by atoms with Crippen LogP contribution in [0.25, 0.3) is 0 Å². The molecule has 0 aromatic heterocycles. The van der Waals surface area contributed by atoms with E-state index in [1.807, 2.05) is 38.1 Å². The predicted octanol–water partition coefficient (Wildman–Crippen LogP) is 2.29. The van der Waals surface area contributed by atoms with Crippen molar-refractivity contribution in [2.24, 2.45) is 0 Å². The molecule has 1 rings (SSSR count). The number of rotatable bonds is 7. The molecule has 0 heterocycles. The quantitative estimate of drug-likeness (QED) is 0.710. The summed E-state index contributed by atoms with van der Waals surface area (Å²) < 4.78 is 6.60. The number of urea groups is 1. The van der Waals surface area contributed by atoms with Gasteiger partial charge in [0, 0.05) is 12.6 Å². The SMILES string of the molecule is CC(CNC(=O)N[C@H](C)CCO)Oc1ccccc1Br. The summed E-state index contributed by atoms with van der Waals surface area (Å²) >= 11 is 3.41. The number of hydrogen-bond acceptors (Lipinski definition) is 3. The van der Waals surface area contributed by atoms with Gasteiger partial charge >= 0.3 is 6.03 Å². The van der Waals surface area contributed by atoms with Crippen LogP contribution >= 0.6 is 15.9 Å². The fraction of sp³-hybridized carbons (Fsp3) is 0.500. The number of carbonyl (C=O) groups is 1. The lowest BCUT2D eigenvalue weighted by Gasteiger charge is -2.18. The molecule has 1 unspecified atom stereocenters. The van der Waals surface area contributed by atoms with Crippen LogP contribution in [0.2, 0.25) is 0 Å². The van der Waals surface area contributed by atoms with E-state index in [2.05, 4.69) is 26.6 Å². The molecule has 112 valence electrons. The Hall–Kier alpha value is -1.27. The minimum Gasteiger partial charge on any atom is -0.488 e. The van der Waals surface area contributed by atoms with Gasteiger partial charge in [0.05, 0.1) is 11.0 Å². The van der Waals surface area contributed by atoms with Crippen LogP contribution in [0.15, 0.2) is 28.7 Å². The second-order valence-corrected chi connectivity index (χ2v) is 5.48. The lowest BCUT2D eigenvalue weighted by atomic mass is 10.2. The van der Waals surface area contributed by atoms with Crippen molar-refractivity contribution in [3.8, 4) is 5.75 Å². The number of halogens is 1. The van der Waals surface area contributed by atoms with Crippen molar-refractivity contribution < 1.29 is 14.6 Å². The smallest absolute Gasteiger partial charge is 0.315 e. The number of ether oxygens (including phenoxy) is 1. The summed E-state index contributed by atoms with van der Waals surface area (Å²) in [5.41, 5.74) is 0. The van der Waals surface area contributed by atoms with E-state index in [1.54, 1.807) is 0 Å². The maximum absolute atomic E-state index is 11.6. The molecule has 20 heavy (non-hydrogen) atoms. The molecule has 3 N–H and O–H groups in total. The van der Waals surface area contributed by atoms with Gasteiger partial charge in [-0.25, -0.2) is 4.79 Å². The number of hydrogen-bond donors (Lipinski definition) is 3. The fourth-order valence-corrected chi connectivity index (χ4v) is 1.95. The van der Waals surface area contributed by atoms with Crippen LogP contribution < -0.4 is 15.4 Å². The van der Waals surface area contributed by atoms with Crippen molar-refractivity contribution in [1.29, 1.82) is 0 Å². The molecule has 0 saturated carbocycles. The van der Waals surface area contributed by atoms with Crippen molar-refractivity contribution in [2.75, 3.05) is 13.2 Å². The molecular weight excluding hydrogens is 324 g/mol. The second-order valence-electron chi connectivity index (χ2n) is 4.63. The summed E-state index contributed by atoms with van der Waals surface area (Å²) in [6.45, 7) is 4.19. The first-order valence-electron chi connectivity index (χ1n) is 6.59. The topological polar surface area (TPSA) is 70.6 Å². The molecule has 1 aromatic carbocycles. The predicted molar refractivity (Wildman–Crippen MR) is 81.9 cm³/mol. The molecular formula is C14H21BrN2O3. The van der Waals surface area contributed by atoms with Crippen molar-refractivity contribution in [3.05, 3.63) is 28.7 Å². The van der Waals surface area contributed by atoms with Crippen LogP contribution in [-0.2, 0) is 0 Å². The number of aliphatic hydroxyl groups is 1. The van der Waals surface area contributed by atoms with Crippen molar-refractivity contribution in [1.82, 2.24) is 10.6 Å². The van der Waals surface area contributed by atoms with Crippen LogP contribution in [0.3, 0.4) is 0 Å². The van der Waals surface area contributed by atoms with Crippen LogP contribution in [-0.4, -0.2) is 36.4 Å². The number of benzene rings is 1. The number of aliphatic hydroxyl groups excluding tert-OH is 1. The Bertz CT molecular complexity index is 429. The summed E-state index contributed by atoms with van der Waals surface area (Å²) in [6, 6.07) is 7.26. The Morgan fingerprint density at radius 3 is 2.75 bits per heavy atom. The standard InChI is InChI=1S/C14H21BrN2O3/c1-10(7-8-18)17-14(19)16-9-11(2)20-13-6-4-3-5-12(13)15/h3-6,10-11,18H,7-9H2,1-2H3,(H2,16,17,19)/t10-,11?/m1/s1. The Balaban J connectivity index is 2.31. The third-order valence-electron chi connectivity index (χ3n) is 2.65. The average Bonchev–Trinajstić information content (AvgIpc) is 2.39. The van der Waals surface area contributed by atoms with E-state index in [-0.39, 0.29) is 24.8 Å². The van der Waals surface area contributed by atoms with E-state index in [0.29, 0.717) is 13.0 Å². The summed E-state index contributed by atoms with van der Waals surface area (Å²) in [5.74, 6) is 0.746. The average molecular weight is 345 g/mol. The molecule has 0 saturated heterocycles. The van der Waals surface area contributed by atoms with Crippen molar-refractivity contribution >= 4 is 22.0 Å². The second kappa shape index (κ2) is 8.81. The first-order chi connectivity index (χ1) is 9.52. The van der Waals surface area contributed by atoms with Gasteiger partial charge in [0.1, 0.15) is 11.9 Å². The van der Waals surface area contributed by atoms with Crippen molar-refractivity contribution in [2.45, 2.75) is 32.4 Å². The summed E-state index contributed by atoms with van der Waals surface area (Å²) in [4.78, 5) is 11.6. The zero-order chi connectivity index (χ0) is 15.0. The first-order valence-corrected chi connectivity index (χ1v) is 7.38. The minimum atomic E-state index is -0.256. The molecule has 0 aliphatic heterocycles. The summed E-state index contributed by atoms with van der Waals surface area (Å²) in [6.07, 6.45) is 0.392. The number of amides is 2. The summed E-state index contributed by atoms with van der Waals surface area (Å²) in [5, 5.41) is 14.2. The van der Waals surface area contributed by atoms with Gasteiger partial charge in [0.15, 0.2) is 0 Å². The number of nitrogens with one attached hydrogen (secondary N) is 2. The van der Waals surface area contributed by atoms with E-state index >= 15 is 0 Å². The molecule has 0 aliphatic rings. The maximum Gasteiger partial charge on any atom is 0.315 e. The van der Waals surface area contributed by atoms with Crippen LogP contribution in [0.4, 0.5) is 4.79 Å². The highest BCUT2D eigenvalue weighted by atomic mass is 79.9. The van der Waals surface area contributed by atoms with Gasteiger partial charge < -0.3 is 20.5 Å². The summed E-state index contributed by atoms with van der Waals surface area (Å²) in [7, 11) is 0. The highest BCUT2D eigenvalue weighted by molar-refractivity contribution is 9.10. The lowest BCUT2D eigenvalue weighted by Crippen LogP contribution is -2.44. The normalized spacial score (nSPS) is 13.4. The Morgan fingerprint density at radius 2 is 2.10 bits per heavy atom. The van der Waals surface area contributed by atoms with E-state index in [4.69, 9.17) is 9.84 Å². The molecule has 0 bridgehead atoms. The number of carbonyl (C=O) groups excluding carboxylic acids is 1. The van der Waals surface area contributed by atoms with Gasteiger partial charge in [-0.3, -0.25) is 0 Å². The lowest BCUT2D eigenvalue weighted by molar-refractivity contribution is 0.203. The van der Waals surface area contributed by atoms with E-state index in [0.717, 1.165) is 10.2 Å². The molecule has 0 fully saturated rings. The molecule has 6 heteroatoms. The largest absolute Gasteiger partial charge is 0.488 e. The molecule has 0 aliphatic carbocycles. The third kappa shape index (κ3) is 6.25. The highest BCUT2D eigenvalue weighted by Crippen LogP contribution is 2.24. The van der Waals surface area contributed by atoms with E-state index < -0.39 is 0 Å². The van der Waals surface area contributed by atoms with Gasteiger partial charge in [-0.15, -0.1) is 0 Å².